The van der Waals surface area contributed by atoms with Crippen LogP contribution in [0.5, 0.6) is 0 Å². The molecule has 0 spiro atoms. The normalized spacial score (nSPS) is 26.7. The van der Waals surface area contributed by atoms with Crippen LogP contribution in [0, 0.1) is 5.92 Å². The number of carbonyl (C=O) groups excluding carboxylic acids is 1. The molecule has 3 rings (SSSR count). The lowest BCUT2D eigenvalue weighted by Gasteiger charge is -2.34. The molecule has 2 aliphatic rings. The summed E-state index contributed by atoms with van der Waals surface area (Å²) in [4.78, 5) is 14.8. The van der Waals surface area contributed by atoms with Crippen LogP contribution in [-0.2, 0) is 9.47 Å². The molecular formula is C20H29NO3. The predicted molar refractivity (Wildman–Crippen MR) is 94.1 cm³/mol. The van der Waals surface area contributed by atoms with E-state index in [1.165, 1.54) is 6.42 Å². The molecule has 0 radical (unpaired) electrons. The summed E-state index contributed by atoms with van der Waals surface area (Å²) in [6.07, 6.45) is 4.55. The van der Waals surface area contributed by atoms with Gasteiger partial charge in [0, 0.05) is 12.6 Å². The van der Waals surface area contributed by atoms with Gasteiger partial charge in [-0.15, -0.1) is 0 Å². The fraction of sp³-hybridized carbons (Fsp3) is 0.650. The fourth-order valence-corrected chi connectivity index (χ4v) is 4.09. The predicted octanol–water partition coefficient (Wildman–Crippen LogP) is 3.51. The lowest BCUT2D eigenvalue weighted by atomic mass is 9.95. The van der Waals surface area contributed by atoms with E-state index in [0.29, 0.717) is 24.1 Å². The maximum atomic E-state index is 12.2. The van der Waals surface area contributed by atoms with Gasteiger partial charge in [0.1, 0.15) is 6.61 Å². The molecule has 0 saturated carbocycles. The highest BCUT2D eigenvalue weighted by molar-refractivity contribution is 5.89. The second-order valence-corrected chi connectivity index (χ2v) is 7.59. The molecule has 0 unspecified atom stereocenters. The van der Waals surface area contributed by atoms with Crippen LogP contribution in [0.1, 0.15) is 49.9 Å². The summed E-state index contributed by atoms with van der Waals surface area (Å²) < 4.78 is 11.6. The van der Waals surface area contributed by atoms with Crippen molar-refractivity contribution in [2.45, 2.75) is 51.1 Å². The third kappa shape index (κ3) is 3.81. The molecule has 4 nitrogen and oxygen atoms in total. The zero-order valence-electron chi connectivity index (χ0n) is 14.9. The lowest BCUT2D eigenvalue weighted by molar-refractivity contribution is 0.00554. The van der Waals surface area contributed by atoms with E-state index in [1.54, 1.807) is 0 Å². The second kappa shape index (κ2) is 7.66. The summed E-state index contributed by atoms with van der Waals surface area (Å²) in [5.74, 6) is 0.359. The van der Waals surface area contributed by atoms with Crippen molar-refractivity contribution in [2.75, 3.05) is 26.4 Å². The fourth-order valence-electron chi connectivity index (χ4n) is 4.09. The number of hydrogen-bond acceptors (Lipinski definition) is 4. The Morgan fingerprint density at radius 3 is 2.83 bits per heavy atom. The van der Waals surface area contributed by atoms with Crippen LogP contribution in [0.4, 0.5) is 0 Å². The molecule has 0 N–H and O–H groups in total. The molecular weight excluding hydrogens is 302 g/mol. The van der Waals surface area contributed by atoms with Gasteiger partial charge in [0.15, 0.2) is 0 Å². The Balaban J connectivity index is 1.55. The summed E-state index contributed by atoms with van der Waals surface area (Å²) in [7, 11) is 0. The van der Waals surface area contributed by atoms with Crippen LogP contribution in [-0.4, -0.2) is 48.8 Å². The number of ether oxygens (including phenoxy) is 2. The maximum Gasteiger partial charge on any atom is 0.338 e. The van der Waals surface area contributed by atoms with E-state index in [2.05, 4.69) is 18.7 Å². The Hall–Kier alpha value is -1.39. The van der Waals surface area contributed by atoms with Crippen LogP contribution in [0.25, 0.3) is 0 Å². The Kier molecular flexibility index (Phi) is 5.57. The first-order valence-corrected chi connectivity index (χ1v) is 9.17. The molecule has 2 atom stereocenters. The molecule has 0 amide bonds. The topological polar surface area (TPSA) is 38.8 Å². The van der Waals surface area contributed by atoms with Crippen LogP contribution < -0.4 is 0 Å². The maximum absolute atomic E-state index is 12.2. The standard InChI is InChI=1S/C20H29NO3/c1-16(2)13-23-14-18-9-11-20(10-6-12-21(18)20)15-24-19(22)17-7-4-3-5-8-17/h3-5,7-8,16,18H,6,9-15H2,1-2H3/t18-,20-/m0/s1. The lowest BCUT2D eigenvalue weighted by Crippen LogP contribution is -2.47. The highest BCUT2D eigenvalue weighted by atomic mass is 16.5. The summed E-state index contributed by atoms with van der Waals surface area (Å²) in [5, 5.41) is 0. The molecule has 2 fully saturated rings. The van der Waals surface area contributed by atoms with Crippen molar-refractivity contribution in [3.63, 3.8) is 0 Å². The molecule has 0 aliphatic carbocycles. The number of carbonyl (C=O) groups is 1. The molecule has 2 aliphatic heterocycles. The summed E-state index contributed by atoms with van der Waals surface area (Å²) in [5.41, 5.74) is 0.671. The van der Waals surface area contributed by atoms with Crippen LogP contribution in [0.15, 0.2) is 30.3 Å². The third-order valence-electron chi connectivity index (χ3n) is 5.28. The average molecular weight is 331 g/mol. The van der Waals surface area contributed by atoms with Gasteiger partial charge in [0.25, 0.3) is 0 Å². The third-order valence-corrected chi connectivity index (χ3v) is 5.28. The van der Waals surface area contributed by atoms with Gasteiger partial charge >= 0.3 is 5.97 Å². The van der Waals surface area contributed by atoms with Crippen molar-refractivity contribution in [1.29, 1.82) is 0 Å². The number of fused-ring (bicyclic) bond motifs is 1. The van der Waals surface area contributed by atoms with E-state index >= 15 is 0 Å². The van der Waals surface area contributed by atoms with E-state index < -0.39 is 0 Å². The van der Waals surface area contributed by atoms with Crippen molar-refractivity contribution < 1.29 is 14.3 Å². The molecule has 24 heavy (non-hydrogen) atoms. The Labute approximate surface area is 145 Å². The quantitative estimate of drug-likeness (QED) is 0.717. The van der Waals surface area contributed by atoms with Gasteiger partial charge in [-0.1, -0.05) is 32.0 Å². The molecule has 0 aromatic heterocycles. The van der Waals surface area contributed by atoms with E-state index in [-0.39, 0.29) is 11.5 Å². The van der Waals surface area contributed by atoms with Gasteiger partial charge in [0.2, 0.25) is 0 Å². The minimum absolute atomic E-state index is 0.0380. The molecule has 0 bridgehead atoms. The van der Waals surface area contributed by atoms with E-state index in [4.69, 9.17) is 9.47 Å². The van der Waals surface area contributed by atoms with Gasteiger partial charge in [-0.3, -0.25) is 4.90 Å². The Bertz CT molecular complexity index is 545. The first kappa shape index (κ1) is 17.4. The molecule has 2 saturated heterocycles. The van der Waals surface area contributed by atoms with Crippen LogP contribution >= 0.6 is 0 Å². The minimum Gasteiger partial charge on any atom is -0.460 e. The SMILES string of the molecule is CC(C)COC[C@@H]1CC[C@]2(COC(=O)c3ccccc3)CCCN12. The van der Waals surface area contributed by atoms with Gasteiger partial charge < -0.3 is 9.47 Å². The second-order valence-electron chi connectivity index (χ2n) is 7.59. The van der Waals surface area contributed by atoms with E-state index in [9.17, 15) is 4.79 Å². The highest BCUT2D eigenvalue weighted by Gasteiger charge is 2.49. The van der Waals surface area contributed by atoms with Crippen molar-refractivity contribution >= 4 is 5.97 Å². The first-order valence-electron chi connectivity index (χ1n) is 9.17. The molecule has 2 heterocycles. The van der Waals surface area contributed by atoms with Crippen molar-refractivity contribution in [3.05, 3.63) is 35.9 Å². The number of nitrogens with zero attached hydrogens (tertiary/aromatic N) is 1. The van der Waals surface area contributed by atoms with Gasteiger partial charge in [0.05, 0.1) is 17.7 Å². The zero-order valence-corrected chi connectivity index (χ0v) is 14.9. The monoisotopic (exact) mass is 331 g/mol. The molecule has 4 heteroatoms. The van der Waals surface area contributed by atoms with Crippen molar-refractivity contribution in [2.24, 2.45) is 5.92 Å². The summed E-state index contributed by atoms with van der Waals surface area (Å²) in [6, 6.07) is 9.74. The average Bonchev–Trinajstić information content (AvgIpc) is 3.13. The van der Waals surface area contributed by atoms with Crippen LogP contribution in [0.3, 0.4) is 0 Å². The summed E-state index contributed by atoms with van der Waals surface area (Å²) in [6.45, 7) is 7.57. The number of benzene rings is 1. The largest absolute Gasteiger partial charge is 0.460 e. The highest BCUT2D eigenvalue weighted by Crippen LogP contribution is 2.42. The number of esters is 1. The van der Waals surface area contributed by atoms with Crippen LogP contribution in [0.2, 0.25) is 0 Å². The minimum atomic E-state index is -0.212. The molecule has 132 valence electrons. The van der Waals surface area contributed by atoms with Crippen molar-refractivity contribution in [1.82, 2.24) is 4.90 Å². The van der Waals surface area contributed by atoms with Crippen molar-refractivity contribution in [3.8, 4) is 0 Å². The Morgan fingerprint density at radius 2 is 2.08 bits per heavy atom. The van der Waals surface area contributed by atoms with Gasteiger partial charge in [-0.25, -0.2) is 4.79 Å². The molecule has 1 aromatic carbocycles. The van der Waals surface area contributed by atoms with Gasteiger partial charge in [-0.2, -0.15) is 0 Å². The zero-order chi connectivity index (χ0) is 17.0. The van der Waals surface area contributed by atoms with E-state index in [0.717, 1.165) is 39.0 Å². The first-order chi connectivity index (χ1) is 11.6. The number of hydrogen-bond donors (Lipinski definition) is 0. The molecule has 1 aromatic rings. The number of rotatable bonds is 7. The van der Waals surface area contributed by atoms with E-state index in [1.807, 2.05) is 30.3 Å². The summed E-state index contributed by atoms with van der Waals surface area (Å²) >= 11 is 0. The Morgan fingerprint density at radius 1 is 1.29 bits per heavy atom. The van der Waals surface area contributed by atoms with Gasteiger partial charge in [-0.05, 0) is 50.3 Å². The smallest absolute Gasteiger partial charge is 0.338 e.